The van der Waals surface area contributed by atoms with E-state index < -0.39 is 0 Å². The Labute approximate surface area is 172 Å². The maximum Gasteiger partial charge on any atom is 0.191 e. The van der Waals surface area contributed by atoms with Crippen LogP contribution in [0.3, 0.4) is 0 Å². The van der Waals surface area contributed by atoms with Gasteiger partial charge in [0.1, 0.15) is 0 Å². The molecule has 0 radical (unpaired) electrons. The van der Waals surface area contributed by atoms with E-state index in [1.54, 1.807) is 11.3 Å². The lowest BCUT2D eigenvalue weighted by Gasteiger charge is -2.35. The molecule has 1 aromatic heterocycles. The van der Waals surface area contributed by atoms with Crippen LogP contribution < -0.4 is 10.6 Å². The second-order valence-corrected chi connectivity index (χ2v) is 8.23. The molecular weight excluding hydrogens is 368 g/mol. The fourth-order valence-electron chi connectivity index (χ4n) is 3.51. The number of ether oxygens (including phenoxy) is 1. The average Bonchev–Trinajstić information content (AvgIpc) is 3.18. The van der Waals surface area contributed by atoms with Crippen LogP contribution in [0.1, 0.15) is 37.5 Å². The minimum Gasteiger partial charge on any atom is -0.373 e. The zero-order valence-corrected chi connectivity index (χ0v) is 18.0. The lowest BCUT2D eigenvalue weighted by molar-refractivity contribution is -0.0704. The summed E-state index contributed by atoms with van der Waals surface area (Å²) in [6, 6.07) is 11.0. The summed E-state index contributed by atoms with van der Waals surface area (Å²) in [5.74, 6) is 0.856. The molecule has 2 aromatic rings. The van der Waals surface area contributed by atoms with E-state index >= 15 is 0 Å². The minimum absolute atomic E-state index is 0.310. The van der Waals surface area contributed by atoms with Gasteiger partial charge < -0.3 is 15.4 Å². The smallest absolute Gasteiger partial charge is 0.191 e. The molecule has 0 bridgehead atoms. The Morgan fingerprint density at radius 2 is 1.79 bits per heavy atom. The number of nitrogens with one attached hydrogen (secondary N) is 2. The number of benzene rings is 1. The second-order valence-electron chi connectivity index (χ2n) is 7.45. The van der Waals surface area contributed by atoms with Crippen LogP contribution in [0, 0.1) is 0 Å². The van der Waals surface area contributed by atoms with Crippen LogP contribution in [0.4, 0.5) is 0 Å². The summed E-state index contributed by atoms with van der Waals surface area (Å²) >= 11 is 1.71. The summed E-state index contributed by atoms with van der Waals surface area (Å²) in [5, 5.41) is 11.0. The molecule has 5 nitrogen and oxygen atoms in total. The van der Waals surface area contributed by atoms with E-state index in [2.05, 4.69) is 82.4 Å². The van der Waals surface area contributed by atoms with Crippen LogP contribution in [0.5, 0.6) is 0 Å². The third-order valence-corrected chi connectivity index (χ3v) is 5.46. The van der Waals surface area contributed by atoms with Gasteiger partial charge in [0, 0.05) is 32.7 Å². The van der Waals surface area contributed by atoms with Gasteiger partial charge in [-0.25, -0.2) is 4.99 Å². The second kappa shape index (κ2) is 10.6. The van der Waals surface area contributed by atoms with Crippen molar-refractivity contribution in [3.05, 3.63) is 57.8 Å². The zero-order valence-electron chi connectivity index (χ0n) is 17.1. The lowest BCUT2D eigenvalue weighted by Crippen LogP contribution is -2.44. The molecule has 6 heteroatoms. The van der Waals surface area contributed by atoms with Gasteiger partial charge in [0.15, 0.2) is 5.96 Å². The molecule has 0 aliphatic carbocycles. The Morgan fingerprint density at radius 3 is 2.43 bits per heavy atom. The summed E-state index contributed by atoms with van der Waals surface area (Å²) in [4.78, 5) is 7.14. The van der Waals surface area contributed by atoms with Gasteiger partial charge in [0.2, 0.25) is 0 Å². The first-order valence-corrected chi connectivity index (χ1v) is 11.1. The van der Waals surface area contributed by atoms with E-state index in [0.717, 1.165) is 38.7 Å². The minimum atomic E-state index is 0.310. The van der Waals surface area contributed by atoms with E-state index in [1.165, 1.54) is 16.7 Å². The van der Waals surface area contributed by atoms with Crippen LogP contribution in [0.25, 0.3) is 0 Å². The van der Waals surface area contributed by atoms with E-state index in [1.807, 2.05) is 0 Å². The molecule has 0 spiro atoms. The number of nitrogens with zero attached hydrogens (tertiary/aromatic N) is 2. The molecule has 0 saturated carbocycles. The summed E-state index contributed by atoms with van der Waals surface area (Å²) in [7, 11) is 0. The molecule has 1 aromatic carbocycles. The molecule has 2 heterocycles. The van der Waals surface area contributed by atoms with Crippen molar-refractivity contribution in [2.45, 2.75) is 52.6 Å². The molecule has 0 amide bonds. The van der Waals surface area contributed by atoms with E-state index in [4.69, 9.17) is 4.74 Å². The van der Waals surface area contributed by atoms with Crippen molar-refractivity contribution >= 4 is 17.3 Å². The zero-order chi connectivity index (χ0) is 19.8. The number of rotatable bonds is 7. The van der Waals surface area contributed by atoms with Gasteiger partial charge in [0.25, 0.3) is 0 Å². The van der Waals surface area contributed by atoms with Gasteiger partial charge in [-0.3, -0.25) is 4.90 Å². The standard InChI is InChI=1S/C22H32N4OS/c1-4-23-22(25-12-21-9-10-28-16-21)24-11-19-5-7-20(8-6-19)15-26-13-17(2)27-18(3)14-26/h5-10,16-18H,4,11-15H2,1-3H3,(H2,23,24,25). The summed E-state index contributed by atoms with van der Waals surface area (Å²) in [6.45, 7) is 11.7. The first-order chi connectivity index (χ1) is 13.6. The average molecular weight is 401 g/mol. The first-order valence-electron chi connectivity index (χ1n) is 10.1. The van der Waals surface area contributed by atoms with Crippen molar-refractivity contribution in [3.8, 4) is 0 Å². The van der Waals surface area contributed by atoms with Crippen LogP contribution in [-0.2, 0) is 24.4 Å². The number of guanidine groups is 1. The first kappa shape index (κ1) is 20.8. The van der Waals surface area contributed by atoms with Gasteiger partial charge in [-0.15, -0.1) is 0 Å². The topological polar surface area (TPSA) is 48.9 Å². The van der Waals surface area contributed by atoms with Gasteiger partial charge >= 0.3 is 0 Å². The van der Waals surface area contributed by atoms with E-state index in [0.29, 0.717) is 18.8 Å². The summed E-state index contributed by atoms with van der Waals surface area (Å²) < 4.78 is 5.82. The van der Waals surface area contributed by atoms with Crippen molar-refractivity contribution in [1.29, 1.82) is 0 Å². The number of hydrogen-bond donors (Lipinski definition) is 2. The predicted molar refractivity (Wildman–Crippen MR) is 118 cm³/mol. The number of aliphatic imine (C=N–C) groups is 1. The fourth-order valence-corrected chi connectivity index (χ4v) is 4.17. The normalized spacial score (nSPS) is 20.9. The third kappa shape index (κ3) is 6.62. The van der Waals surface area contributed by atoms with Gasteiger partial charge in [-0.2, -0.15) is 11.3 Å². The Balaban J connectivity index is 1.50. The van der Waals surface area contributed by atoms with Crippen molar-refractivity contribution in [2.75, 3.05) is 19.6 Å². The van der Waals surface area contributed by atoms with Gasteiger partial charge in [-0.1, -0.05) is 24.3 Å². The maximum absolute atomic E-state index is 5.82. The Kier molecular flexibility index (Phi) is 7.89. The molecule has 152 valence electrons. The molecule has 2 atom stereocenters. The Hall–Kier alpha value is -1.89. The quantitative estimate of drug-likeness (QED) is 0.551. The van der Waals surface area contributed by atoms with Crippen molar-refractivity contribution < 1.29 is 4.74 Å². The molecule has 2 unspecified atom stereocenters. The number of thiophene rings is 1. The molecule has 1 aliphatic heterocycles. The lowest BCUT2D eigenvalue weighted by atomic mass is 10.1. The third-order valence-electron chi connectivity index (χ3n) is 4.73. The highest BCUT2D eigenvalue weighted by atomic mass is 32.1. The SMILES string of the molecule is CCNC(=NCc1ccsc1)NCc1ccc(CN2CC(C)OC(C)C2)cc1. The Morgan fingerprint density at radius 1 is 1.07 bits per heavy atom. The molecule has 3 rings (SSSR count). The van der Waals surface area contributed by atoms with Crippen molar-refractivity contribution in [1.82, 2.24) is 15.5 Å². The Bertz CT molecular complexity index is 720. The monoisotopic (exact) mass is 400 g/mol. The summed E-state index contributed by atoms with van der Waals surface area (Å²) in [5.41, 5.74) is 3.86. The molecule has 1 fully saturated rings. The van der Waals surface area contributed by atoms with Crippen molar-refractivity contribution in [3.63, 3.8) is 0 Å². The molecule has 2 N–H and O–H groups in total. The van der Waals surface area contributed by atoms with E-state index in [9.17, 15) is 0 Å². The molecule has 28 heavy (non-hydrogen) atoms. The van der Waals surface area contributed by atoms with Crippen LogP contribution in [0.2, 0.25) is 0 Å². The highest BCUT2D eigenvalue weighted by Crippen LogP contribution is 2.15. The number of hydrogen-bond acceptors (Lipinski definition) is 4. The summed E-state index contributed by atoms with van der Waals surface area (Å²) in [6.07, 6.45) is 0.621. The van der Waals surface area contributed by atoms with Gasteiger partial charge in [-0.05, 0) is 54.3 Å². The predicted octanol–water partition coefficient (Wildman–Crippen LogP) is 3.61. The molecule has 1 aliphatic rings. The van der Waals surface area contributed by atoms with Crippen LogP contribution in [-0.4, -0.2) is 42.7 Å². The van der Waals surface area contributed by atoms with Crippen molar-refractivity contribution in [2.24, 2.45) is 4.99 Å². The van der Waals surface area contributed by atoms with Crippen LogP contribution in [0.15, 0.2) is 46.1 Å². The largest absolute Gasteiger partial charge is 0.373 e. The number of morpholine rings is 1. The highest BCUT2D eigenvalue weighted by molar-refractivity contribution is 7.07. The van der Waals surface area contributed by atoms with Crippen LogP contribution >= 0.6 is 11.3 Å². The van der Waals surface area contributed by atoms with Gasteiger partial charge in [0.05, 0.1) is 18.8 Å². The fraction of sp³-hybridized carbons (Fsp3) is 0.500. The maximum atomic E-state index is 5.82. The molecule has 1 saturated heterocycles. The van der Waals surface area contributed by atoms with E-state index in [-0.39, 0.29) is 0 Å². The molecular formula is C22H32N4OS. The highest BCUT2D eigenvalue weighted by Gasteiger charge is 2.21.